The van der Waals surface area contributed by atoms with E-state index in [1.807, 2.05) is 0 Å². The average molecular weight is 320 g/mol. The van der Waals surface area contributed by atoms with Crippen molar-refractivity contribution in [2.45, 2.75) is 6.54 Å². The van der Waals surface area contributed by atoms with Crippen LogP contribution in [0.3, 0.4) is 0 Å². The van der Waals surface area contributed by atoms with Crippen LogP contribution in [0.4, 0.5) is 10.9 Å². The van der Waals surface area contributed by atoms with Crippen molar-refractivity contribution in [1.29, 1.82) is 0 Å². The Labute approximate surface area is 107 Å². The molecule has 0 aliphatic carbocycles. The highest BCUT2D eigenvalue weighted by Crippen LogP contribution is 2.20. The van der Waals surface area contributed by atoms with E-state index in [1.165, 1.54) is 16.2 Å². The number of hydrogen-bond acceptors (Lipinski definition) is 8. The van der Waals surface area contributed by atoms with Crippen molar-refractivity contribution in [3.05, 3.63) is 20.5 Å². The normalized spacial score (nSPS) is 10.5. The summed E-state index contributed by atoms with van der Waals surface area (Å²) in [5.74, 6) is -0.453. The third-order valence-corrected chi connectivity index (χ3v) is 3.23. The first kappa shape index (κ1) is 11.9. The molecule has 2 heterocycles. The molecule has 0 aromatic carbocycles. The molecule has 0 spiro atoms. The first-order valence-corrected chi connectivity index (χ1v) is 5.92. The summed E-state index contributed by atoms with van der Waals surface area (Å²) in [4.78, 5) is 13.5. The molecular weight excluding hydrogens is 314 g/mol. The molecule has 90 valence electrons. The van der Waals surface area contributed by atoms with Gasteiger partial charge in [0.15, 0.2) is 0 Å². The second-order valence-corrected chi connectivity index (χ2v) is 4.36. The van der Waals surface area contributed by atoms with Crippen LogP contribution in [-0.4, -0.2) is 36.3 Å². The van der Waals surface area contributed by atoms with Gasteiger partial charge in [-0.1, -0.05) is 4.49 Å². The maximum atomic E-state index is 10.5. The summed E-state index contributed by atoms with van der Waals surface area (Å²) >= 11 is 4.30. The summed E-state index contributed by atoms with van der Waals surface area (Å²) in [6.45, 7) is 0.258. The number of halogens is 1. The topological polar surface area (TPSA) is 112 Å². The lowest BCUT2D eigenvalue weighted by Gasteiger charge is -1.97. The fraction of sp³-hybridized carbons (Fsp3) is 0.333. The summed E-state index contributed by atoms with van der Waals surface area (Å²) in [6, 6.07) is 0. The fourth-order valence-corrected chi connectivity index (χ4v) is 2.02. The Morgan fingerprint density at radius 2 is 2.41 bits per heavy atom. The number of rotatable bonds is 4. The van der Waals surface area contributed by atoms with Gasteiger partial charge in [-0.3, -0.25) is 0 Å². The molecule has 0 aliphatic heterocycles. The lowest BCUT2D eigenvalue weighted by atomic mass is 10.4. The Hall–Kier alpha value is -1.62. The summed E-state index contributed by atoms with van der Waals surface area (Å²) < 4.78 is 5.40. The fourth-order valence-electron chi connectivity index (χ4n) is 1.13. The Morgan fingerprint density at radius 3 is 3.00 bits per heavy atom. The number of hydrogen-bond donors (Lipinski definition) is 1. The number of aromatic nitrogens is 5. The number of nitrogens with zero attached hydrogens (tertiary/aromatic N) is 6. The quantitative estimate of drug-likeness (QED) is 0.657. The van der Waals surface area contributed by atoms with Crippen molar-refractivity contribution in [3.63, 3.8) is 0 Å². The van der Waals surface area contributed by atoms with Gasteiger partial charge in [-0.05, 0) is 9.91 Å². The zero-order valence-corrected chi connectivity index (χ0v) is 10.9. The Kier molecular flexibility index (Phi) is 3.28. The van der Waals surface area contributed by atoms with E-state index in [1.54, 1.807) is 7.05 Å². The van der Waals surface area contributed by atoms with Crippen molar-refractivity contribution in [2.75, 3.05) is 12.4 Å². The molecule has 2 rings (SSSR count). The summed E-state index contributed by atoms with van der Waals surface area (Å²) in [6.07, 6.45) is 0. The van der Waals surface area contributed by atoms with Gasteiger partial charge >= 0.3 is 5.95 Å². The lowest BCUT2D eigenvalue weighted by molar-refractivity contribution is -0.394. The minimum absolute atomic E-state index is 0.258. The highest BCUT2D eigenvalue weighted by atomic mass is 79.9. The third-order valence-electron chi connectivity index (χ3n) is 1.86. The number of nitrogens with one attached hydrogen (secondary N) is 1. The molecule has 2 aromatic heterocycles. The third kappa shape index (κ3) is 2.39. The molecule has 0 atom stereocenters. The van der Waals surface area contributed by atoms with E-state index < -0.39 is 10.9 Å². The molecule has 0 amide bonds. The molecule has 2 aromatic rings. The number of nitro groups is 1. The molecule has 0 saturated heterocycles. The van der Waals surface area contributed by atoms with Gasteiger partial charge in [0.2, 0.25) is 0 Å². The molecule has 0 radical (unpaired) electrons. The largest absolute Gasteiger partial charge is 0.492 e. The van der Waals surface area contributed by atoms with Crippen LogP contribution >= 0.6 is 27.5 Å². The monoisotopic (exact) mass is 319 g/mol. The van der Waals surface area contributed by atoms with Crippen LogP contribution in [-0.2, 0) is 6.54 Å². The highest BCUT2D eigenvalue weighted by Gasteiger charge is 2.21. The van der Waals surface area contributed by atoms with Crippen molar-refractivity contribution in [1.82, 2.24) is 24.4 Å². The van der Waals surface area contributed by atoms with E-state index in [4.69, 9.17) is 0 Å². The van der Waals surface area contributed by atoms with Gasteiger partial charge in [-0.2, -0.15) is 4.68 Å². The number of anilines is 1. The van der Waals surface area contributed by atoms with Gasteiger partial charge in [0.1, 0.15) is 17.2 Å². The SMILES string of the molecule is CNc1snnc1Cn1nc([N+](=O)[O-])nc1Br. The summed E-state index contributed by atoms with van der Waals surface area (Å²) in [5, 5.41) is 21.8. The van der Waals surface area contributed by atoms with Crippen molar-refractivity contribution < 1.29 is 4.92 Å². The minimum Gasteiger partial charge on any atom is -0.390 e. The second kappa shape index (κ2) is 4.71. The Balaban J connectivity index is 2.27. The molecule has 0 bridgehead atoms. The van der Waals surface area contributed by atoms with Crippen LogP contribution in [0.5, 0.6) is 0 Å². The molecule has 17 heavy (non-hydrogen) atoms. The first-order valence-electron chi connectivity index (χ1n) is 4.35. The zero-order valence-electron chi connectivity index (χ0n) is 8.49. The van der Waals surface area contributed by atoms with Gasteiger partial charge in [0, 0.05) is 39.6 Å². The van der Waals surface area contributed by atoms with Gasteiger partial charge in [-0.25, -0.2) is 0 Å². The lowest BCUT2D eigenvalue weighted by Crippen LogP contribution is -2.05. The van der Waals surface area contributed by atoms with E-state index in [9.17, 15) is 10.1 Å². The van der Waals surface area contributed by atoms with Crippen LogP contribution in [0.1, 0.15) is 5.69 Å². The maximum Gasteiger partial charge on any atom is 0.492 e. The van der Waals surface area contributed by atoms with Crippen LogP contribution in [0, 0.1) is 10.1 Å². The molecule has 11 heteroatoms. The van der Waals surface area contributed by atoms with E-state index in [2.05, 4.69) is 40.9 Å². The molecule has 1 N–H and O–H groups in total. The summed E-state index contributed by atoms with van der Waals surface area (Å²) in [7, 11) is 1.75. The highest BCUT2D eigenvalue weighted by molar-refractivity contribution is 9.10. The van der Waals surface area contributed by atoms with Crippen LogP contribution < -0.4 is 5.32 Å². The van der Waals surface area contributed by atoms with Gasteiger partial charge in [-0.15, -0.1) is 5.10 Å². The molecule has 0 saturated carbocycles. The van der Waals surface area contributed by atoms with E-state index >= 15 is 0 Å². The molecular formula is C6H6BrN7O2S. The minimum atomic E-state index is -0.653. The average Bonchev–Trinajstić information content (AvgIpc) is 2.87. The zero-order chi connectivity index (χ0) is 12.4. The van der Waals surface area contributed by atoms with Crippen LogP contribution in [0.2, 0.25) is 0 Å². The van der Waals surface area contributed by atoms with E-state index in [-0.39, 0.29) is 11.3 Å². The van der Waals surface area contributed by atoms with Crippen molar-refractivity contribution in [3.8, 4) is 0 Å². The smallest absolute Gasteiger partial charge is 0.390 e. The molecule has 9 nitrogen and oxygen atoms in total. The summed E-state index contributed by atoms with van der Waals surface area (Å²) in [5.41, 5.74) is 0.651. The van der Waals surface area contributed by atoms with Gasteiger partial charge in [0.25, 0.3) is 4.73 Å². The van der Waals surface area contributed by atoms with E-state index in [0.29, 0.717) is 5.69 Å². The second-order valence-electron chi connectivity index (χ2n) is 2.89. The van der Waals surface area contributed by atoms with Gasteiger partial charge < -0.3 is 15.4 Å². The van der Waals surface area contributed by atoms with Gasteiger partial charge in [0.05, 0.1) is 0 Å². The standard InChI is InChI=1S/C6H6BrN7O2S/c1-8-4-3(10-12-17-4)2-13-5(7)9-6(11-13)14(15)16/h8H,2H2,1H3. The predicted octanol–water partition coefficient (Wildman–Crippen LogP) is 0.890. The van der Waals surface area contributed by atoms with Crippen molar-refractivity contribution in [2.24, 2.45) is 0 Å². The molecule has 0 aliphatic rings. The first-order chi connectivity index (χ1) is 8.11. The molecule has 0 unspecified atom stereocenters. The van der Waals surface area contributed by atoms with Crippen LogP contribution in [0.25, 0.3) is 0 Å². The van der Waals surface area contributed by atoms with Crippen molar-refractivity contribution >= 4 is 38.4 Å². The predicted molar refractivity (Wildman–Crippen MR) is 62.9 cm³/mol. The van der Waals surface area contributed by atoms with Crippen LogP contribution in [0.15, 0.2) is 4.73 Å². The van der Waals surface area contributed by atoms with E-state index in [0.717, 1.165) is 5.00 Å². The Bertz CT molecular complexity index is 552. The molecule has 0 fully saturated rings. The Morgan fingerprint density at radius 1 is 1.65 bits per heavy atom. The maximum absolute atomic E-state index is 10.5.